The van der Waals surface area contributed by atoms with E-state index in [9.17, 15) is 4.79 Å². The van der Waals surface area contributed by atoms with Gasteiger partial charge in [0.25, 0.3) is 0 Å². The van der Waals surface area contributed by atoms with Gasteiger partial charge in [0, 0.05) is 12.3 Å². The lowest BCUT2D eigenvalue weighted by atomic mass is 9.75. The van der Waals surface area contributed by atoms with E-state index in [1.807, 2.05) is 0 Å². The molecule has 1 fully saturated rings. The molecule has 0 radical (unpaired) electrons. The number of hydrogen-bond acceptors (Lipinski definition) is 1. The molecule has 92 valence electrons. The first kappa shape index (κ1) is 12.3. The van der Waals surface area contributed by atoms with Crippen molar-refractivity contribution in [3.8, 4) is 0 Å². The van der Waals surface area contributed by atoms with E-state index in [1.54, 1.807) is 0 Å². The molecular weight excluding hydrogens is 208 g/mol. The number of carbonyl (C=O) groups excluding carboxylic acids is 1. The van der Waals surface area contributed by atoms with Crippen molar-refractivity contribution in [2.75, 3.05) is 0 Å². The predicted molar refractivity (Wildman–Crippen MR) is 71.1 cm³/mol. The molecular formula is C16H22O. The van der Waals surface area contributed by atoms with E-state index >= 15 is 0 Å². The second kappa shape index (κ2) is 6.00. The molecule has 0 aliphatic heterocycles. The fourth-order valence-electron chi connectivity index (χ4n) is 2.87. The van der Waals surface area contributed by atoms with Crippen LogP contribution in [-0.2, 0) is 4.79 Å². The molecule has 0 N–H and O–H groups in total. The van der Waals surface area contributed by atoms with E-state index in [0.29, 0.717) is 17.6 Å². The normalized spacial score (nSPS) is 24.9. The molecule has 0 bridgehead atoms. The summed E-state index contributed by atoms with van der Waals surface area (Å²) in [5.74, 6) is 1.44. The minimum atomic E-state index is 0.328. The third-order valence-corrected chi connectivity index (χ3v) is 3.94. The maximum Gasteiger partial charge on any atom is 0.136 e. The van der Waals surface area contributed by atoms with Gasteiger partial charge in [-0.05, 0) is 30.7 Å². The molecule has 2 rings (SSSR count). The van der Waals surface area contributed by atoms with Gasteiger partial charge in [0.05, 0.1) is 0 Å². The van der Waals surface area contributed by atoms with Crippen molar-refractivity contribution in [3.05, 3.63) is 35.9 Å². The van der Waals surface area contributed by atoms with Gasteiger partial charge in [0.1, 0.15) is 5.78 Å². The van der Waals surface area contributed by atoms with Crippen LogP contribution in [0.2, 0.25) is 0 Å². The van der Waals surface area contributed by atoms with E-state index in [0.717, 1.165) is 25.7 Å². The van der Waals surface area contributed by atoms with Crippen molar-refractivity contribution < 1.29 is 4.79 Å². The van der Waals surface area contributed by atoms with Crippen LogP contribution in [0.3, 0.4) is 0 Å². The monoisotopic (exact) mass is 230 g/mol. The first-order valence-electron chi connectivity index (χ1n) is 6.89. The lowest BCUT2D eigenvalue weighted by Gasteiger charge is -2.28. The third-order valence-electron chi connectivity index (χ3n) is 3.94. The Morgan fingerprint density at radius 1 is 1.24 bits per heavy atom. The molecule has 1 saturated carbocycles. The highest BCUT2D eigenvalue weighted by Gasteiger charge is 2.28. The fraction of sp³-hybridized carbons (Fsp3) is 0.562. The Kier molecular flexibility index (Phi) is 4.36. The number of ketones is 1. The van der Waals surface area contributed by atoms with E-state index in [4.69, 9.17) is 0 Å². The number of rotatable bonds is 4. The molecule has 2 atom stereocenters. The minimum absolute atomic E-state index is 0.328. The number of hydrogen-bond donors (Lipinski definition) is 0. The number of carbonyl (C=O) groups is 1. The van der Waals surface area contributed by atoms with Crippen LogP contribution in [0.1, 0.15) is 56.9 Å². The van der Waals surface area contributed by atoms with Crippen molar-refractivity contribution in [1.29, 1.82) is 0 Å². The Hall–Kier alpha value is -1.11. The average Bonchev–Trinajstić information content (AvgIpc) is 2.39. The van der Waals surface area contributed by atoms with E-state index in [1.165, 1.54) is 18.4 Å². The second-order valence-corrected chi connectivity index (χ2v) is 5.19. The molecule has 1 aliphatic carbocycles. The number of unbranched alkanes of at least 4 members (excludes halogenated alkanes) is 1. The molecule has 2 unspecified atom stereocenters. The van der Waals surface area contributed by atoms with Crippen molar-refractivity contribution in [2.45, 2.75) is 51.4 Å². The summed E-state index contributed by atoms with van der Waals surface area (Å²) in [5.41, 5.74) is 1.42. The van der Waals surface area contributed by atoms with E-state index < -0.39 is 0 Å². The van der Waals surface area contributed by atoms with Gasteiger partial charge in [0.15, 0.2) is 0 Å². The van der Waals surface area contributed by atoms with Crippen LogP contribution in [-0.4, -0.2) is 5.78 Å². The van der Waals surface area contributed by atoms with Gasteiger partial charge >= 0.3 is 0 Å². The zero-order chi connectivity index (χ0) is 12.1. The quantitative estimate of drug-likeness (QED) is 0.752. The molecule has 0 amide bonds. The van der Waals surface area contributed by atoms with Gasteiger partial charge in [-0.25, -0.2) is 0 Å². The molecule has 0 heterocycles. The standard InChI is InChI=1S/C16H22O/c1-2-3-7-15-12-14(10-11-16(15)17)13-8-5-4-6-9-13/h4-6,8-9,14-15H,2-3,7,10-12H2,1H3. The van der Waals surface area contributed by atoms with Crippen molar-refractivity contribution in [2.24, 2.45) is 5.92 Å². The lowest BCUT2D eigenvalue weighted by Crippen LogP contribution is -2.23. The summed E-state index contributed by atoms with van der Waals surface area (Å²) in [7, 11) is 0. The first-order chi connectivity index (χ1) is 8.31. The molecule has 17 heavy (non-hydrogen) atoms. The topological polar surface area (TPSA) is 17.1 Å². The molecule has 0 saturated heterocycles. The number of Topliss-reactive ketones (excluding diaryl/α,β-unsaturated/α-hetero) is 1. The second-order valence-electron chi connectivity index (χ2n) is 5.19. The van der Waals surface area contributed by atoms with Crippen LogP contribution in [0.25, 0.3) is 0 Å². The average molecular weight is 230 g/mol. The Morgan fingerprint density at radius 3 is 2.71 bits per heavy atom. The highest BCUT2D eigenvalue weighted by Crippen LogP contribution is 2.36. The van der Waals surface area contributed by atoms with Crippen molar-refractivity contribution in [3.63, 3.8) is 0 Å². The highest BCUT2D eigenvalue weighted by molar-refractivity contribution is 5.82. The summed E-state index contributed by atoms with van der Waals surface area (Å²) in [5, 5.41) is 0. The van der Waals surface area contributed by atoms with Crippen LogP contribution in [0, 0.1) is 5.92 Å². The smallest absolute Gasteiger partial charge is 0.136 e. The summed E-state index contributed by atoms with van der Waals surface area (Å²) in [4.78, 5) is 11.9. The van der Waals surface area contributed by atoms with Gasteiger partial charge in [-0.1, -0.05) is 50.1 Å². The predicted octanol–water partition coefficient (Wildman–Crippen LogP) is 4.33. The van der Waals surface area contributed by atoms with Gasteiger partial charge in [-0.15, -0.1) is 0 Å². The van der Waals surface area contributed by atoms with Crippen molar-refractivity contribution in [1.82, 2.24) is 0 Å². The highest BCUT2D eigenvalue weighted by atomic mass is 16.1. The lowest BCUT2D eigenvalue weighted by molar-refractivity contribution is -0.125. The zero-order valence-corrected chi connectivity index (χ0v) is 10.7. The van der Waals surface area contributed by atoms with Crippen LogP contribution in [0.15, 0.2) is 30.3 Å². The first-order valence-corrected chi connectivity index (χ1v) is 6.89. The molecule has 1 heteroatoms. The Labute approximate surface area is 104 Å². The van der Waals surface area contributed by atoms with Crippen LogP contribution in [0.5, 0.6) is 0 Å². The van der Waals surface area contributed by atoms with Crippen LogP contribution >= 0.6 is 0 Å². The molecule has 1 nitrogen and oxygen atoms in total. The fourth-order valence-corrected chi connectivity index (χ4v) is 2.87. The van der Waals surface area contributed by atoms with Gasteiger partial charge < -0.3 is 0 Å². The third kappa shape index (κ3) is 3.18. The van der Waals surface area contributed by atoms with Gasteiger partial charge in [-0.3, -0.25) is 4.79 Å². The summed E-state index contributed by atoms with van der Waals surface area (Å²) < 4.78 is 0. The summed E-state index contributed by atoms with van der Waals surface area (Å²) >= 11 is 0. The van der Waals surface area contributed by atoms with Gasteiger partial charge in [-0.2, -0.15) is 0 Å². The summed E-state index contributed by atoms with van der Waals surface area (Å²) in [6.45, 7) is 2.20. The summed E-state index contributed by atoms with van der Waals surface area (Å²) in [6.07, 6.45) is 6.39. The Balaban J connectivity index is 2.00. The summed E-state index contributed by atoms with van der Waals surface area (Å²) in [6, 6.07) is 10.7. The van der Waals surface area contributed by atoms with Crippen molar-refractivity contribution >= 4 is 5.78 Å². The SMILES string of the molecule is CCCCC1CC(c2ccccc2)CCC1=O. The van der Waals surface area contributed by atoms with E-state index in [-0.39, 0.29) is 0 Å². The molecule has 1 aromatic rings. The molecule has 0 aromatic heterocycles. The molecule has 1 aliphatic rings. The molecule has 0 spiro atoms. The van der Waals surface area contributed by atoms with Gasteiger partial charge in [0.2, 0.25) is 0 Å². The Morgan fingerprint density at radius 2 is 2.00 bits per heavy atom. The largest absolute Gasteiger partial charge is 0.299 e. The van der Waals surface area contributed by atoms with Crippen LogP contribution in [0.4, 0.5) is 0 Å². The van der Waals surface area contributed by atoms with Crippen LogP contribution < -0.4 is 0 Å². The minimum Gasteiger partial charge on any atom is -0.299 e. The zero-order valence-electron chi connectivity index (χ0n) is 10.7. The maximum absolute atomic E-state index is 11.9. The maximum atomic E-state index is 11.9. The van der Waals surface area contributed by atoms with E-state index in [2.05, 4.69) is 37.3 Å². The molecule has 1 aromatic carbocycles. The number of benzene rings is 1. The Bertz CT molecular complexity index is 355.